The molecule has 0 spiro atoms. The summed E-state index contributed by atoms with van der Waals surface area (Å²) in [6.45, 7) is 3.23. The molecule has 1 amide bonds. The molecule has 0 saturated carbocycles. The molecule has 8 heteroatoms. The monoisotopic (exact) mass is 422 g/mol. The summed E-state index contributed by atoms with van der Waals surface area (Å²) in [4.78, 5) is 12.8. The smallest absolute Gasteiger partial charge is 0.244 e. The normalized spacial score (nSPS) is 15.5. The third-order valence-electron chi connectivity index (χ3n) is 5.23. The van der Waals surface area contributed by atoms with Crippen LogP contribution in [0.3, 0.4) is 0 Å². The van der Waals surface area contributed by atoms with Crippen molar-refractivity contribution in [2.24, 2.45) is 0 Å². The zero-order chi connectivity index (χ0) is 21.3. The van der Waals surface area contributed by atoms with Crippen LogP contribution in [0.5, 0.6) is 0 Å². The minimum Gasteiger partial charge on any atom is -0.348 e. The van der Waals surface area contributed by atoms with Gasteiger partial charge in [-0.1, -0.05) is 18.2 Å². The number of nitrogens with zero attached hydrogens (tertiary/aromatic N) is 1. The predicted molar refractivity (Wildman–Crippen MR) is 108 cm³/mol. The van der Waals surface area contributed by atoms with Crippen LogP contribution >= 0.6 is 0 Å². The molecule has 0 fully saturated rings. The minimum absolute atomic E-state index is 0.112. The Kier molecular flexibility index (Phi) is 5.93. The summed E-state index contributed by atoms with van der Waals surface area (Å²) < 4.78 is 52.3. The van der Waals surface area contributed by atoms with Gasteiger partial charge in [-0.2, -0.15) is 0 Å². The van der Waals surface area contributed by atoms with Crippen LogP contribution in [-0.2, 0) is 27.7 Å². The molecule has 3 rings (SSSR count). The number of carbonyl (C=O) groups is 1. The van der Waals surface area contributed by atoms with Crippen molar-refractivity contribution in [1.82, 2.24) is 5.32 Å². The number of benzene rings is 2. The van der Waals surface area contributed by atoms with E-state index in [4.69, 9.17) is 0 Å². The second-order valence-corrected chi connectivity index (χ2v) is 9.30. The number of carbonyl (C=O) groups excluding carboxylic acids is 1. The fourth-order valence-electron chi connectivity index (χ4n) is 3.71. The van der Waals surface area contributed by atoms with Crippen LogP contribution in [0, 0.1) is 11.6 Å². The molecule has 5 nitrogen and oxygen atoms in total. The van der Waals surface area contributed by atoms with E-state index in [1.807, 2.05) is 13.0 Å². The Morgan fingerprint density at radius 3 is 2.38 bits per heavy atom. The van der Waals surface area contributed by atoms with Crippen molar-refractivity contribution in [2.75, 3.05) is 10.6 Å². The lowest BCUT2D eigenvalue weighted by atomic mass is 10.0. The summed E-state index contributed by atoms with van der Waals surface area (Å²) >= 11 is 0. The molecule has 2 atom stereocenters. The van der Waals surface area contributed by atoms with Crippen LogP contribution in [-0.4, -0.2) is 26.6 Å². The molecule has 0 unspecified atom stereocenters. The van der Waals surface area contributed by atoms with E-state index in [0.717, 1.165) is 53.6 Å². The highest BCUT2D eigenvalue weighted by Crippen LogP contribution is 2.26. The van der Waals surface area contributed by atoms with E-state index in [1.54, 1.807) is 0 Å². The van der Waals surface area contributed by atoms with Gasteiger partial charge in [0.15, 0.2) is 11.6 Å². The topological polar surface area (TPSA) is 66.5 Å². The molecule has 0 heterocycles. The number of nitrogens with one attached hydrogen (secondary N) is 1. The summed E-state index contributed by atoms with van der Waals surface area (Å²) in [5.74, 6) is -2.81. The molecule has 2 aromatic carbocycles. The van der Waals surface area contributed by atoms with E-state index >= 15 is 0 Å². The Morgan fingerprint density at radius 2 is 1.72 bits per heavy atom. The van der Waals surface area contributed by atoms with Crippen LogP contribution in [0.4, 0.5) is 14.5 Å². The molecule has 0 radical (unpaired) electrons. The van der Waals surface area contributed by atoms with Gasteiger partial charge in [0.05, 0.1) is 18.0 Å². The van der Waals surface area contributed by atoms with Gasteiger partial charge in [0.2, 0.25) is 15.9 Å². The van der Waals surface area contributed by atoms with E-state index in [-0.39, 0.29) is 11.7 Å². The van der Waals surface area contributed by atoms with Gasteiger partial charge in [0.25, 0.3) is 0 Å². The molecule has 29 heavy (non-hydrogen) atoms. The molecule has 1 aliphatic rings. The highest BCUT2D eigenvalue weighted by Gasteiger charge is 2.30. The Bertz CT molecular complexity index is 1040. The third kappa shape index (κ3) is 4.58. The predicted octanol–water partition coefficient (Wildman–Crippen LogP) is 3.49. The fraction of sp³-hybridized carbons (Fsp3) is 0.381. The number of rotatable bonds is 6. The molecule has 156 valence electrons. The van der Waals surface area contributed by atoms with Crippen LogP contribution in [0.1, 0.15) is 43.0 Å². The molecule has 0 bridgehead atoms. The second-order valence-electron chi connectivity index (χ2n) is 7.45. The lowest BCUT2D eigenvalue weighted by Crippen LogP contribution is -2.48. The molecular weight excluding hydrogens is 398 g/mol. The van der Waals surface area contributed by atoms with Crippen molar-refractivity contribution in [3.8, 4) is 0 Å². The van der Waals surface area contributed by atoms with Crippen molar-refractivity contribution >= 4 is 21.6 Å². The van der Waals surface area contributed by atoms with E-state index in [2.05, 4.69) is 17.4 Å². The van der Waals surface area contributed by atoms with Crippen molar-refractivity contribution in [3.63, 3.8) is 0 Å². The Morgan fingerprint density at radius 1 is 1.03 bits per heavy atom. The average molecular weight is 422 g/mol. The van der Waals surface area contributed by atoms with E-state index in [0.29, 0.717) is 0 Å². The maximum atomic E-state index is 13.6. The van der Waals surface area contributed by atoms with Crippen LogP contribution < -0.4 is 9.62 Å². The molecule has 0 aliphatic heterocycles. The first-order valence-corrected chi connectivity index (χ1v) is 11.3. The zero-order valence-corrected chi connectivity index (χ0v) is 17.4. The number of hydrogen-bond acceptors (Lipinski definition) is 3. The molecule has 1 aliphatic carbocycles. The van der Waals surface area contributed by atoms with Crippen LogP contribution in [0.25, 0.3) is 0 Å². The number of anilines is 1. The summed E-state index contributed by atoms with van der Waals surface area (Å²) in [7, 11) is -3.92. The summed E-state index contributed by atoms with van der Waals surface area (Å²) in [6, 6.07) is 7.35. The van der Waals surface area contributed by atoms with Crippen LogP contribution in [0.15, 0.2) is 36.4 Å². The first-order chi connectivity index (χ1) is 13.6. The average Bonchev–Trinajstić information content (AvgIpc) is 3.11. The quantitative estimate of drug-likeness (QED) is 0.775. The summed E-state index contributed by atoms with van der Waals surface area (Å²) in [5, 5.41) is 2.82. The van der Waals surface area contributed by atoms with Crippen molar-refractivity contribution in [2.45, 2.75) is 45.2 Å². The maximum Gasteiger partial charge on any atom is 0.244 e. The minimum atomic E-state index is -3.92. The molecule has 2 aromatic rings. The maximum absolute atomic E-state index is 13.6. The fourth-order valence-corrected chi connectivity index (χ4v) is 4.88. The van der Waals surface area contributed by atoms with Crippen molar-refractivity contribution in [1.29, 1.82) is 0 Å². The zero-order valence-electron chi connectivity index (χ0n) is 16.6. The first kappa shape index (κ1) is 21.2. The van der Waals surface area contributed by atoms with Crippen molar-refractivity contribution < 1.29 is 22.0 Å². The number of sulfonamides is 1. The van der Waals surface area contributed by atoms with E-state index < -0.39 is 33.6 Å². The molecular formula is C21H24F2N2O3S. The highest BCUT2D eigenvalue weighted by atomic mass is 32.2. The first-order valence-electron chi connectivity index (χ1n) is 9.44. The standard InChI is InChI=1S/C21H24F2N2O3S/c1-13(16-8-7-15-5-4-6-17(15)11-16)24-21(26)14(2)25(29(3,27)28)18-9-10-19(22)20(23)12-18/h7-14H,4-6H2,1-3H3,(H,24,26)/t13-,14-/m0/s1. The summed E-state index contributed by atoms with van der Waals surface area (Å²) in [6.07, 6.45) is 4.11. The lowest BCUT2D eigenvalue weighted by Gasteiger charge is -2.29. The number of fused-ring (bicyclic) bond motifs is 1. The van der Waals surface area contributed by atoms with E-state index in [1.165, 1.54) is 18.1 Å². The lowest BCUT2D eigenvalue weighted by molar-refractivity contribution is -0.122. The largest absolute Gasteiger partial charge is 0.348 e. The van der Waals surface area contributed by atoms with Gasteiger partial charge in [0.1, 0.15) is 6.04 Å². The highest BCUT2D eigenvalue weighted by molar-refractivity contribution is 7.92. The van der Waals surface area contributed by atoms with E-state index in [9.17, 15) is 22.0 Å². The van der Waals surface area contributed by atoms with Gasteiger partial charge in [-0.15, -0.1) is 0 Å². The molecule has 0 saturated heterocycles. The Labute approximate surface area is 169 Å². The van der Waals surface area contributed by atoms with Crippen LogP contribution in [0.2, 0.25) is 0 Å². The SMILES string of the molecule is C[C@H](NC(=O)[C@H](C)N(c1ccc(F)c(F)c1)S(C)(=O)=O)c1ccc2c(c1)CCC2. The van der Waals surface area contributed by atoms with Crippen molar-refractivity contribution in [3.05, 3.63) is 64.7 Å². The number of aryl methyl sites for hydroxylation is 2. The van der Waals surface area contributed by atoms with Gasteiger partial charge in [-0.05, 0) is 61.9 Å². The summed E-state index contributed by atoms with van der Waals surface area (Å²) in [5.41, 5.74) is 3.42. The number of amides is 1. The van der Waals surface area contributed by atoms with Gasteiger partial charge in [0, 0.05) is 6.07 Å². The number of halogens is 2. The second kappa shape index (κ2) is 8.10. The van der Waals surface area contributed by atoms with Gasteiger partial charge >= 0.3 is 0 Å². The van der Waals surface area contributed by atoms with Gasteiger partial charge in [-0.3, -0.25) is 9.10 Å². The molecule has 1 N–H and O–H groups in total. The Hall–Kier alpha value is -2.48. The number of hydrogen-bond donors (Lipinski definition) is 1. The third-order valence-corrected chi connectivity index (χ3v) is 6.47. The molecule has 0 aromatic heterocycles. The van der Waals surface area contributed by atoms with Gasteiger partial charge in [-0.25, -0.2) is 17.2 Å². The van der Waals surface area contributed by atoms with Gasteiger partial charge < -0.3 is 5.32 Å². The Balaban J connectivity index is 1.81.